The molecule has 2 aromatic heterocycles. The van der Waals surface area contributed by atoms with E-state index < -0.39 is 0 Å². The molecule has 0 radical (unpaired) electrons. The van der Waals surface area contributed by atoms with Crippen LogP contribution in [0.5, 0.6) is 0 Å². The van der Waals surface area contributed by atoms with Gasteiger partial charge in [-0.15, -0.1) is 5.10 Å². The first kappa shape index (κ1) is 12.9. The fourth-order valence-corrected chi connectivity index (χ4v) is 1.48. The normalized spacial score (nSPS) is 10.2. The maximum atomic E-state index is 11.8. The maximum Gasteiger partial charge on any atom is 0.271 e. The van der Waals surface area contributed by atoms with Crippen LogP contribution in [0.2, 0.25) is 0 Å². The number of nitrogens with zero attached hydrogens (tertiary/aromatic N) is 5. The molecule has 2 rings (SSSR count). The van der Waals surface area contributed by atoms with E-state index in [1.807, 2.05) is 0 Å². The molecule has 8 nitrogen and oxygen atoms in total. The lowest BCUT2D eigenvalue weighted by Crippen LogP contribution is -2.26. The largest absolute Gasteiger partial charge is 0.372 e. The summed E-state index contributed by atoms with van der Waals surface area (Å²) in [6, 6.07) is 0. The lowest BCUT2D eigenvalue weighted by molar-refractivity contribution is 0.0947. The third-order valence-corrected chi connectivity index (χ3v) is 2.44. The maximum absolute atomic E-state index is 11.8. The Hall–Kier alpha value is -2.51. The van der Waals surface area contributed by atoms with Crippen LogP contribution in [-0.4, -0.2) is 44.5 Å². The van der Waals surface area contributed by atoms with Crippen molar-refractivity contribution in [2.24, 2.45) is 0 Å². The van der Waals surface area contributed by atoms with Crippen LogP contribution in [0, 0.1) is 0 Å². The van der Waals surface area contributed by atoms with Crippen molar-refractivity contribution in [3.8, 4) is 0 Å². The molecule has 2 aromatic rings. The summed E-state index contributed by atoms with van der Waals surface area (Å²) < 4.78 is 1.72. The molecule has 0 spiro atoms. The zero-order chi connectivity index (χ0) is 13.5. The average molecular weight is 261 g/mol. The van der Waals surface area contributed by atoms with Gasteiger partial charge in [0.25, 0.3) is 5.91 Å². The molecule has 100 valence electrons. The van der Waals surface area contributed by atoms with Crippen LogP contribution in [0.1, 0.15) is 16.9 Å². The summed E-state index contributed by atoms with van der Waals surface area (Å²) in [6.45, 7) is 1.26. The van der Waals surface area contributed by atoms with E-state index in [0.717, 1.165) is 6.42 Å². The number of hydrogen-bond acceptors (Lipinski definition) is 6. The van der Waals surface area contributed by atoms with Gasteiger partial charge in [0.2, 0.25) is 0 Å². The Labute approximate surface area is 110 Å². The van der Waals surface area contributed by atoms with Crippen molar-refractivity contribution in [2.75, 3.05) is 18.9 Å². The van der Waals surface area contributed by atoms with Crippen LogP contribution in [-0.2, 0) is 6.54 Å². The standard InChI is InChI=1S/C11H15N7O/c1-12-10-8-13-7-9(16-10)11(19)14-3-2-5-18-6-4-15-17-18/h4,6-8H,2-3,5H2,1H3,(H,12,16)(H,14,19). The smallest absolute Gasteiger partial charge is 0.271 e. The van der Waals surface area contributed by atoms with Gasteiger partial charge < -0.3 is 10.6 Å². The van der Waals surface area contributed by atoms with Crippen molar-refractivity contribution < 1.29 is 4.79 Å². The minimum atomic E-state index is -0.233. The first-order valence-electron chi connectivity index (χ1n) is 5.91. The van der Waals surface area contributed by atoms with Crippen LogP contribution in [0.25, 0.3) is 0 Å². The van der Waals surface area contributed by atoms with Gasteiger partial charge in [-0.3, -0.25) is 14.5 Å². The second-order valence-corrected chi connectivity index (χ2v) is 3.82. The first-order chi connectivity index (χ1) is 9.29. The van der Waals surface area contributed by atoms with Crippen LogP contribution in [0.15, 0.2) is 24.8 Å². The summed E-state index contributed by atoms with van der Waals surface area (Å²) in [4.78, 5) is 19.8. The van der Waals surface area contributed by atoms with Crippen molar-refractivity contribution in [2.45, 2.75) is 13.0 Å². The number of amides is 1. The van der Waals surface area contributed by atoms with E-state index in [4.69, 9.17) is 0 Å². The second-order valence-electron chi connectivity index (χ2n) is 3.82. The van der Waals surface area contributed by atoms with Gasteiger partial charge in [0.1, 0.15) is 11.5 Å². The van der Waals surface area contributed by atoms with Crippen molar-refractivity contribution in [1.29, 1.82) is 0 Å². The lowest BCUT2D eigenvalue weighted by Gasteiger charge is -2.05. The third-order valence-electron chi connectivity index (χ3n) is 2.44. The number of carbonyl (C=O) groups excluding carboxylic acids is 1. The molecule has 0 bridgehead atoms. The van der Waals surface area contributed by atoms with Crippen LogP contribution in [0.4, 0.5) is 5.82 Å². The number of aryl methyl sites for hydroxylation is 1. The molecule has 0 aliphatic rings. The number of nitrogens with one attached hydrogen (secondary N) is 2. The van der Waals surface area contributed by atoms with E-state index in [2.05, 4.69) is 30.9 Å². The number of aromatic nitrogens is 5. The fourth-order valence-electron chi connectivity index (χ4n) is 1.48. The van der Waals surface area contributed by atoms with Crippen LogP contribution in [0.3, 0.4) is 0 Å². The van der Waals surface area contributed by atoms with Crippen LogP contribution < -0.4 is 10.6 Å². The Bertz CT molecular complexity index is 526. The SMILES string of the molecule is CNc1cncc(C(=O)NCCCn2ccnn2)n1. The molecule has 2 N–H and O–H groups in total. The van der Waals surface area contributed by atoms with Crippen molar-refractivity contribution in [3.63, 3.8) is 0 Å². The van der Waals surface area contributed by atoms with E-state index >= 15 is 0 Å². The molecule has 19 heavy (non-hydrogen) atoms. The molecule has 0 saturated carbocycles. The highest BCUT2D eigenvalue weighted by Gasteiger charge is 2.07. The number of hydrogen-bond donors (Lipinski definition) is 2. The molecule has 0 unspecified atom stereocenters. The van der Waals surface area contributed by atoms with E-state index in [-0.39, 0.29) is 5.91 Å². The summed E-state index contributed by atoms with van der Waals surface area (Å²) in [6.07, 6.45) is 7.17. The van der Waals surface area contributed by atoms with Crippen molar-refractivity contribution >= 4 is 11.7 Å². The molecule has 0 fully saturated rings. The van der Waals surface area contributed by atoms with Crippen molar-refractivity contribution in [1.82, 2.24) is 30.3 Å². The number of rotatable bonds is 6. The van der Waals surface area contributed by atoms with Gasteiger partial charge in [-0.1, -0.05) is 5.21 Å². The molecule has 0 atom stereocenters. The monoisotopic (exact) mass is 261 g/mol. The van der Waals surface area contributed by atoms with E-state index in [0.29, 0.717) is 24.6 Å². The zero-order valence-electron chi connectivity index (χ0n) is 10.6. The topological polar surface area (TPSA) is 97.6 Å². The molecule has 2 heterocycles. The van der Waals surface area contributed by atoms with E-state index in [1.165, 1.54) is 6.20 Å². The van der Waals surface area contributed by atoms with Gasteiger partial charge in [-0.25, -0.2) is 4.98 Å². The molecule has 8 heteroatoms. The Balaban J connectivity index is 1.77. The van der Waals surface area contributed by atoms with E-state index in [1.54, 1.807) is 30.3 Å². The lowest BCUT2D eigenvalue weighted by atomic mass is 10.3. The fraction of sp³-hybridized carbons (Fsp3) is 0.364. The quantitative estimate of drug-likeness (QED) is 0.706. The van der Waals surface area contributed by atoms with Gasteiger partial charge in [-0.05, 0) is 6.42 Å². The summed E-state index contributed by atoms with van der Waals surface area (Å²) in [5.74, 6) is 0.332. The average Bonchev–Trinajstić information content (AvgIpc) is 2.96. The van der Waals surface area contributed by atoms with Crippen LogP contribution >= 0.6 is 0 Å². The predicted molar refractivity (Wildman–Crippen MR) is 68.6 cm³/mol. The minimum Gasteiger partial charge on any atom is -0.372 e. The summed E-state index contributed by atoms with van der Waals surface area (Å²) >= 11 is 0. The van der Waals surface area contributed by atoms with Gasteiger partial charge in [-0.2, -0.15) is 0 Å². The van der Waals surface area contributed by atoms with Gasteiger partial charge in [0.15, 0.2) is 0 Å². The molecular formula is C11H15N7O. The highest BCUT2D eigenvalue weighted by molar-refractivity contribution is 5.92. The molecular weight excluding hydrogens is 246 g/mol. The molecule has 0 aliphatic heterocycles. The Morgan fingerprint density at radius 1 is 1.42 bits per heavy atom. The third kappa shape index (κ3) is 3.73. The summed E-state index contributed by atoms with van der Waals surface area (Å²) in [7, 11) is 1.73. The summed E-state index contributed by atoms with van der Waals surface area (Å²) in [5, 5.41) is 13.2. The molecule has 0 aromatic carbocycles. The Morgan fingerprint density at radius 3 is 3.05 bits per heavy atom. The van der Waals surface area contributed by atoms with E-state index in [9.17, 15) is 4.79 Å². The summed E-state index contributed by atoms with van der Waals surface area (Å²) in [5.41, 5.74) is 0.299. The number of anilines is 1. The predicted octanol–water partition coefficient (Wildman–Crippen LogP) is -0.0701. The molecule has 1 amide bonds. The number of carbonyl (C=O) groups is 1. The van der Waals surface area contributed by atoms with Gasteiger partial charge in [0, 0.05) is 26.3 Å². The Morgan fingerprint density at radius 2 is 2.32 bits per heavy atom. The minimum absolute atomic E-state index is 0.233. The molecule has 0 saturated heterocycles. The highest BCUT2D eigenvalue weighted by Crippen LogP contribution is 2.00. The molecule has 0 aliphatic carbocycles. The Kier molecular flexibility index (Phi) is 4.38. The van der Waals surface area contributed by atoms with Crippen molar-refractivity contribution in [3.05, 3.63) is 30.5 Å². The van der Waals surface area contributed by atoms with Gasteiger partial charge >= 0.3 is 0 Å². The zero-order valence-corrected chi connectivity index (χ0v) is 10.6. The second kappa shape index (κ2) is 6.43. The van der Waals surface area contributed by atoms with Gasteiger partial charge in [0.05, 0.1) is 18.6 Å². The highest BCUT2D eigenvalue weighted by atomic mass is 16.1. The first-order valence-corrected chi connectivity index (χ1v) is 5.91.